The van der Waals surface area contributed by atoms with E-state index in [-0.39, 0.29) is 11.9 Å². The van der Waals surface area contributed by atoms with Gasteiger partial charge in [-0.25, -0.2) is 13.1 Å². The van der Waals surface area contributed by atoms with E-state index in [0.29, 0.717) is 36.7 Å². The monoisotopic (exact) mass is 420 g/mol. The molecule has 2 aromatic rings. The highest BCUT2D eigenvalue weighted by Crippen LogP contribution is 2.19. The van der Waals surface area contributed by atoms with E-state index in [9.17, 15) is 13.2 Å². The summed E-state index contributed by atoms with van der Waals surface area (Å²) in [5.41, 5.74) is 0.926. The Bertz CT molecular complexity index is 898. The molecule has 1 aromatic heterocycles. The Morgan fingerprint density at radius 3 is 2.57 bits per heavy atom. The molecule has 150 valence electrons. The Labute approximate surface area is 169 Å². The van der Waals surface area contributed by atoms with Crippen LogP contribution in [0.1, 0.15) is 25.3 Å². The number of benzene rings is 1. The highest BCUT2D eigenvalue weighted by molar-refractivity contribution is 7.91. The van der Waals surface area contributed by atoms with Gasteiger partial charge in [0.2, 0.25) is 15.9 Å². The number of thiophene rings is 1. The number of amides is 1. The Hall–Kier alpha value is -2.16. The first-order chi connectivity index (χ1) is 13.5. The summed E-state index contributed by atoms with van der Waals surface area (Å²) in [5.74, 6) is 0.742. The molecule has 1 aromatic carbocycles. The number of rotatable bonds is 7. The van der Waals surface area contributed by atoms with Crippen molar-refractivity contribution in [2.45, 2.75) is 30.0 Å². The van der Waals surface area contributed by atoms with Gasteiger partial charge in [-0.3, -0.25) is 4.79 Å². The van der Waals surface area contributed by atoms with Gasteiger partial charge in [-0.2, -0.15) is 0 Å². The van der Waals surface area contributed by atoms with E-state index in [1.165, 1.54) is 11.3 Å². The maximum atomic E-state index is 12.4. The molecular weight excluding hydrogens is 396 g/mol. The summed E-state index contributed by atoms with van der Waals surface area (Å²) in [5, 5.41) is 1.74. The van der Waals surface area contributed by atoms with Gasteiger partial charge >= 0.3 is 0 Å². The molecule has 1 aliphatic heterocycles. The van der Waals surface area contributed by atoms with Crippen LogP contribution in [0, 0.1) is 0 Å². The minimum absolute atomic E-state index is 0.0616. The number of nitrogens with one attached hydrogen (secondary N) is 1. The Morgan fingerprint density at radius 2 is 1.96 bits per heavy atom. The lowest BCUT2D eigenvalue weighted by Gasteiger charge is -2.31. The molecule has 0 bridgehead atoms. The van der Waals surface area contributed by atoms with Crippen molar-refractivity contribution in [2.75, 3.05) is 19.7 Å². The lowest BCUT2D eigenvalue weighted by Crippen LogP contribution is -2.46. The van der Waals surface area contributed by atoms with Crippen LogP contribution >= 0.6 is 11.3 Å². The number of piperidine rings is 1. The predicted molar refractivity (Wildman–Crippen MR) is 111 cm³/mol. The van der Waals surface area contributed by atoms with Crippen LogP contribution in [-0.2, 0) is 14.8 Å². The molecule has 0 saturated carbocycles. The molecule has 1 fully saturated rings. The quantitative estimate of drug-likeness (QED) is 0.699. The smallest absolute Gasteiger partial charge is 0.250 e. The minimum Gasteiger partial charge on any atom is -0.494 e. The number of nitrogens with zero attached hydrogens (tertiary/aromatic N) is 1. The van der Waals surface area contributed by atoms with Crippen molar-refractivity contribution in [1.82, 2.24) is 9.62 Å². The lowest BCUT2D eigenvalue weighted by molar-refractivity contribution is -0.126. The number of carbonyl (C=O) groups excluding carboxylic acids is 1. The topological polar surface area (TPSA) is 75.7 Å². The SMILES string of the molecule is CCOc1ccc(/C=C/C(=O)N2CCC(NS(=O)(=O)c3cccs3)CC2)cc1. The molecule has 2 heterocycles. The molecular formula is C20H24N2O4S2. The van der Waals surface area contributed by atoms with Crippen molar-refractivity contribution in [3.63, 3.8) is 0 Å². The third-order valence-electron chi connectivity index (χ3n) is 4.50. The summed E-state index contributed by atoms with van der Waals surface area (Å²) in [6, 6.07) is 10.7. The second-order valence-corrected chi connectivity index (χ2v) is 9.38. The van der Waals surface area contributed by atoms with Crippen LogP contribution < -0.4 is 9.46 Å². The largest absolute Gasteiger partial charge is 0.494 e. The van der Waals surface area contributed by atoms with E-state index in [2.05, 4.69) is 4.72 Å². The van der Waals surface area contributed by atoms with Gasteiger partial charge in [-0.1, -0.05) is 18.2 Å². The molecule has 1 saturated heterocycles. The van der Waals surface area contributed by atoms with Crippen molar-refractivity contribution >= 4 is 33.3 Å². The third-order valence-corrected chi connectivity index (χ3v) is 7.42. The van der Waals surface area contributed by atoms with E-state index in [1.807, 2.05) is 31.2 Å². The average molecular weight is 421 g/mol. The predicted octanol–water partition coefficient (Wildman–Crippen LogP) is 3.13. The van der Waals surface area contributed by atoms with Crippen molar-refractivity contribution in [3.8, 4) is 5.75 Å². The first-order valence-electron chi connectivity index (χ1n) is 9.23. The summed E-state index contributed by atoms with van der Waals surface area (Å²) in [7, 11) is -3.47. The molecule has 3 rings (SSSR count). The summed E-state index contributed by atoms with van der Waals surface area (Å²) in [6.07, 6.45) is 4.55. The maximum absolute atomic E-state index is 12.4. The van der Waals surface area contributed by atoms with E-state index in [4.69, 9.17) is 4.74 Å². The van der Waals surface area contributed by atoms with Crippen molar-refractivity contribution in [1.29, 1.82) is 0 Å². The van der Waals surface area contributed by atoms with E-state index >= 15 is 0 Å². The lowest BCUT2D eigenvalue weighted by atomic mass is 10.1. The van der Waals surface area contributed by atoms with E-state index in [0.717, 1.165) is 11.3 Å². The highest BCUT2D eigenvalue weighted by Gasteiger charge is 2.26. The number of carbonyl (C=O) groups is 1. The van der Waals surface area contributed by atoms with E-state index < -0.39 is 10.0 Å². The molecule has 0 radical (unpaired) electrons. The molecule has 0 unspecified atom stereocenters. The van der Waals surface area contributed by atoms with Gasteiger partial charge in [-0.05, 0) is 55.0 Å². The van der Waals surface area contributed by atoms with Gasteiger partial charge in [0.25, 0.3) is 0 Å². The summed E-state index contributed by atoms with van der Waals surface area (Å²) >= 11 is 1.20. The molecule has 1 aliphatic rings. The first kappa shape index (κ1) is 20.6. The fraction of sp³-hybridized carbons (Fsp3) is 0.350. The Morgan fingerprint density at radius 1 is 1.25 bits per heavy atom. The highest BCUT2D eigenvalue weighted by atomic mass is 32.2. The summed E-state index contributed by atoms with van der Waals surface area (Å²) < 4.78 is 33.1. The number of sulfonamides is 1. The van der Waals surface area contributed by atoms with Crippen molar-refractivity contribution in [2.24, 2.45) is 0 Å². The summed E-state index contributed by atoms with van der Waals surface area (Å²) in [6.45, 7) is 3.62. The van der Waals surface area contributed by atoms with Crippen LogP contribution in [0.2, 0.25) is 0 Å². The normalized spacial score (nSPS) is 15.8. The zero-order valence-electron chi connectivity index (χ0n) is 15.7. The summed E-state index contributed by atoms with van der Waals surface area (Å²) in [4.78, 5) is 14.1. The second kappa shape index (κ2) is 9.36. The van der Waals surface area contributed by atoms with Crippen LogP contribution in [0.4, 0.5) is 0 Å². The molecule has 1 amide bonds. The minimum atomic E-state index is -3.47. The molecule has 6 nitrogen and oxygen atoms in total. The second-order valence-electron chi connectivity index (χ2n) is 6.49. The van der Waals surface area contributed by atoms with Gasteiger partial charge < -0.3 is 9.64 Å². The first-order valence-corrected chi connectivity index (χ1v) is 11.6. The van der Waals surface area contributed by atoms with Crippen LogP contribution in [0.5, 0.6) is 5.75 Å². The van der Waals surface area contributed by atoms with Crippen LogP contribution in [0.25, 0.3) is 6.08 Å². The number of hydrogen-bond acceptors (Lipinski definition) is 5. The fourth-order valence-corrected chi connectivity index (χ4v) is 5.34. The Kier molecular flexibility index (Phi) is 6.88. The third kappa shape index (κ3) is 5.43. The van der Waals surface area contributed by atoms with Gasteiger partial charge in [-0.15, -0.1) is 11.3 Å². The van der Waals surface area contributed by atoms with Gasteiger partial charge in [0.05, 0.1) is 6.61 Å². The standard InChI is InChI=1S/C20H24N2O4S2/c1-2-26-18-8-5-16(6-9-18)7-10-19(23)22-13-11-17(12-14-22)21-28(24,25)20-4-3-15-27-20/h3-10,15,17,21H,2,11-14H2,1H3/b10-7+. The van der Waals surface area contributed by atoms with Gasteiger partial charge in [0.15, 0.2) is 0 Å². The molecule has 28 heavy (non-hydrogen) atoms. The molecule has 0 aliphatic carbocycles. The van der Waals surface area contributed by atoms with Gasteiger partial charge in [0, 0.05) is 25.2 Å². The van der Waals surface area contributed by atoms with Gasteiger partial charge in [0.1, 0.15) is 9.96 Å². The fourth-order valence-electron chi connectivity index (χ4n) is 3.03. The zero-order valence-corrected chi connectivity index (χ0v) is 17.3. The molecule has 0 spiro atoms. The Balaban J connectivity index is 1.49. The van der Waals surface area contributed by atoms with Crippen LogP contribution in [-0.4, -0.2) is 45.0 Å². The van der Waals surface area contributed by atoms with Crippen molar-refractivity contribution in [3.05, 3.63) is 53.4 Å². The molecule has 1 N–H and O–H groups in total. The van der Waals surface area contributed by atoms with Crippen LogP contribution in [0.15, 0.2) is 52.1 Å². The number of ether oxygens (including phenoxy) is 1. The molecule has 8 heteroatoms. The van der Waals surface area contributed by atoms with Crippen LogP contribution in [0.3, 0.4) is 0 Å². The maximum Gasteiger partial charge on any atom is 0.250 e. The number of likely N-dealkylation sites (tertiary alicyclic amines) is 1. The number of hydrogen-bond donors (Lipinski definition) is 1. The molecule has 0 atom stereocenters. The zero-order chi connectivity index (χ0) is 20.0. The van der Waals surface area contributed by atoms with E-state index in [1.54, 1.807) is 34.6 Å². The average Bonchev–Trinajstić information content (AvgIpc) is 3.24. The van der Waals surface area contributed by atoms with Crippen molar-refractivity contribution < 1.29 is 17.9 Å².